The van der Waals surface area contributed by atoms with E-state index >= 15 is 0 Å². The molecule has 19 heavy (non-hydrogen) atoms. The molecule has 2 heteroatoms. The number of fused-ring (bicyclic) bond motifs is 3. The van der Waals surface area contributed by atoms with Crippen LogP contribution in [0.25, 0.3) is 0 Å². The van der Waals surface area contributed by atoms with Crippen molar-refractivity contribution in [2.45, 2.75) is 26.4 Å². The number of ether oxygens (including phenoxy) is 2. The minimum atomic E-state index is 0.574. The predicted octanol–water partition coefficient (Wildman–Crippen LogP) is 4.40. The molecular formula is C17H20O2. The number of benzene rings is 2. The molecule has 2 heterocycles. The van der Waals surface area contributed by atoms with Crippen LogP contribution >= 0.6 is 0 Å². The van der Waals surface area contributed by atoms with Crippen LogP contribution in [0.4, 0.5) is 0 Å². The first-order valence-corrected chi connectivity index (χ1v) is 6.54. The molecule has 0 spiro atoms. The van der Waals surface area contributed by atoms with E-state index in [1.807, 2.05) is 24.3 Å². The van der Waals surface area contributed by atoms with Crippen molar-refractivity contribution in [2.24, 2.45) is 0 Å². The Morgan fingerprint density at radius 2 is 1.79 bits per heavy atom. The van der Waals surface area contributed by atoms with Crippen molar-refractivity contribution >= 4 is 0 Å². The average Bonchev–Trinajstić information content (AvgIpc) is 2.50. The van der Waals surface area contributed by atoms with E-state index in [1.165, 1.54) is 11.1 Å². The lowest BCUT2D eigenvalue weighted by Gasteiger charge is -2.11. The zero-order valence-electron chi connectivity index (χ0n) is 11.7. The third kappa shape index (κ3) is 3.75. The van der Waals surface area contributed by atoms with Crippen LogP contribution in [0.1, 0.15) is 30.9 Å². The lowest BCUT2D eigenvalue weighted by Crippen LogP contribution is -2.00. The fraction of sp³-hybridized carbons (Fsp3) is 0.294. The molecule has 2 aliphatic rings. The van der Waals surface area contributed by atoms with Gasteiger partial charge in [0, 0.05) is 0 Å². The number of methoxy groups -OCH3 is 1. The molecule has 2 bridgehead atoms. The molecule has 0 N–H and O–H groups in total. The smallest absolute Gasteiger partial charge is 0.119 e. The molecule has 0 saturated carbocycles. The molecule has 0 saturated heterocycles. The first kappa shape index (κ1) is 13.5. The van der Waals surface area contributed by atoms with E-state index in [-0.39, 0.29) is 0 Å². The van der Waals surface area contributed by atoms with Crippen molar-refractivity contribution < 1.29 is 9.47 Å². The van der Waals surface area contributed by atoms with E-state index in [1.54, 1.807) is 7.11 Å². The van der Waals surface area contributed by atoms with Gasteiger partial charge in [0.2, 0.25) is 0 Å². The van der Waals surface area contributed by atoms with E-state index in [4.69, 9.17) is 9.47 Å². The van der Waals surface area contributed by atoms with Gasteiger partial charge < -0.3 is 9.47 Å². The van der Waals surface area contributed by atoms with Crippen molar-refractivity contribution in [1.29, 1.82) is 0 Å². The van der Waals surface area contributed by atoms with Gasteiger partial charge >= 0.3 is 0 Å². The monoisotopic (exact) mass is 256 g/mol. The van der Waals surface area contributed by atoms with Crippen LogP contribution in [0.15, 0.2) is 48.5 Å². The summed E-state index contributed by atoms with van der Waals surface area (Å²) >= 11 is 0. The van der Waals surface area contributed by atoms with E-state index in [9.17, 15) is 0 Å². The quantitative estimate of drug-likeness (QED) is 0.793. The molecule has 2 aromatic carbocycles. The van der Waals surface area contributed by atoms with Crippen molar-refractivity contribution in [3.63, 3.8) is 0 Å². The van der Waals surface area contributed by atoms with E-state index in [0.717, 1.165) is 18.1 Å². The molecule has 0 fully saturated rings. The van der Waals surface area contributed by atoms with Gasteiger partial charge in [0.25, 0.3) is 0 Å². The Balaban J connectivity index is 0.000000146. The molecular weight excluding hydrogens is 236 g/mol. The van der Waals surface area contributed by atoms with Crippen LogP contribution in [0, 0.1) is 0 Å². The number of rotatable bonds is 2. The summed E-state index contributed by atoms with van der Waals surface area (Å²) in [6, 6.07) is 16.3. The largest absolute Gasteiger partial charge is 0.497 e. The summed E-state index contributed by atoms with van der Waals surface area (Å²) in [7, 11) is 1.69. The van der Waals surface area contributed by atoms with Crippen LogP contribution in [-0.2, 0) is 6.61 Å². The maximum Gasteiger partial charge on any atom is 0.119 e. The van der Waals surface area contributed by atoms with Gasteiger partial charge in [-0.3, -0.25) is 0 Å². The zero-order chi connectivity index (χ0) is 13.7. The van der Waals surface area contributed by atoms with Crippen LogP contribution in [-0.4, -0.2) is 7.11 Å². The first-order valence-electron chi connectivity index (χ1n) is 6.54. The average molecular weight is 256 g/mol. The minimum Gasteiger partial charge on any atom is -0.497 e. The third-order valence-corrected chi connectivity index (χ3v) is 3.09. The molecule has 2 aromatic rings. The predicted molar refractivity (Wildman–Crippen MR) is 77.9 cm³/mol. The van der Waals surface area contributed by atoms with Crippen LogP contribution in [0.2, 0.25) is 0 Å². The normalized spacial score (nSPS) is 11.6. The Morgan fingerprint density at radius 3 is 2.16 bits per heavy atom. The Hall–Kier alpha value is -1.96. The fourth-order valence-corrected chi connectivity index (χ4v) is 1.85. The number of hydrogen-bond acceptors (Lipinski definition) is 2. The molecule has 0 aromatic heterocycles. The second-order valence-corrected chi connectivity index (χ2v) is 4.86. The van der Waals surface area contributed by atoms with Crippen LogP contribution in [0.3, 0.4) is 0 Å². The van der Waals surface area contributed by atoms with E-state index < -0.39 is 0 Å². The second-order valence-electron chi connectivity index (χ2n) is 4.86. The number of hydrogen-bond donors (Lipinski definition) is 0. The molecule has 0 atom stereocenters. The van der Waals surface area contributed by atoms with Gasteiger partial charge in [0.05, 0.1) is 7.11 Å². The van der Waals surface area contributed by atoms with E-state index in [0.29, 0.717) is 5.92 Å². The summed E-state index contributed by atoms with van der Waals surface area (Å²) in [6.45, 7) is 5.12. The minimum absolute atomic E-state index is 0.574. The lowest BCUT2D eigenvalue weighted by atomic mass is 10.0. The van der Waals surface area contributed by atoms with Gasteiger partial charge in [0.1, 0.15) is 18.1 Å². The van der Waals surface area contributed by atoms with Crippen molar-refractivity contribution in [3.05, 3.63) is 59.7 Å². The Bertz CT molecular complexity index is 492. The molecule has 4 rings (SSSR count). The summed E-state index contributed by atoms with van der Waals surface area (Å²) in [6.07, 6.45) is 0. The van der Waals surface area contributed by atoms with Gasteiger partial charge in [-0.05, 0) is 41.3 Å². The van der Waals surface area contributed by atoms with Gasteiger partial charge in [0.15, 0.2) is 0 Å². The first-order chi connectivity index (χ1) is 9.19. The summed E-state index contributed by atoms with van der Waals surface area (Å²) in [4.78, 5) is 0. The van der Waals surface area contributed by atoms with Gasteiger partial charge in [-0.15, -0.1) is 0 Å². The standard InChI is InChI=1S/C10H14O.C7H6O/c1-8(2)9-5-4-6-10(7-9)11-3;1-3-7-4-2-6(1)5-8-7/h4-8H,1-3H3;1-4H,5H2. The summed E-state index contributed by atoms with van der Waals surface area (Å²) in [5.41, 5.74) is 2.59. The molecule has 0 amide bonds. The molecule has 0 aliphatic carbocycles. The zero-order valence-corrected chi connectivity index (χ0v) is 11.7. The molecule has 2 aliphatic heterocycles. The summed E-state index contributed by atoms with van der Waals surface area (Å²) in [5, 5.41) is 0. The molecule has 100 valence electrons. The summed E-state index contributed by atoms with van der Waals surface area (Å²) in [5.74, 6) is 2.50. The van der Waals surface area contributed by atoms with Crippen LogP contribution in [0.5, 0.6) is 11.5 Å². The van der Waals surface area contributed by atoms with Gasteiger partial charge in [-0.1, -0.05) is 38.1 Å². The van der Waals surface area contributed by atoms with Crippen molar-refractivity contribution in [1.82, 2.24) is 0 Å². The van der Waals surface area contributed by atoms with Crippen LogP contribution < -0.4 is 9.47 Å². The lowest BCUT2D eigenvalue weighted by molar-refractivity contribution is 0.295. The highest BCUT2D eigenvalue weighted by Crippen LogP contribution is 2.20. The molecule has 0 radical (unpaired) electrons. The fourth-order valence-electron chi connectivity index (χ4n) is 1.85. The maximum absolute atomic E-state index is 5.18. The summed E-state index contributed by atoms with van der Waals surface area (Å²) < 4.78 is 10.3. The third-order valence-electron chi connectivity index (χ3n) is 3.09. The second kappa shape index (κ2) is 6.28. The highest BCUT2D eigenvalue weighted by molar-refractivity contribution is 5.31. The van der Waals surface area contributed by atoms with Crippen molar-refractivity contribution in [3.8, 4) is 11.5 Å². The van der Waals surface area contributed by atoms with Crippen molar-refractivity contribution in [2.75, 3.05) is 7.11 Å². The highest BCUT2D eigenvalue weighted by atomic mass is 16.5. The van der Waals surface area contributed by atoms with Gasteiger partial charge in [-0.2, -0.15) is 0 Å². The maximum atomic E-state index is 5.18. The van der Waals surface area contributed by atoms with Gasteiger partial charge in [-0.25, -0.2) is 0 Å². The topological polar surface area (TPSA) is 18.5 Å². The molecule has 2 nitrogen and oxygen atoms in total. The highest BCUT2D eigenvalue weighted by Gasteiger charge is 2.01. The molecule has 0 unspecified atom stereocenters. The SMILES string of the molecule is COc1cccc(C(C)C)c1.c1cc2ccc1CO2. The Kier molecular flexibility index (Phi) is 4.45. The Labute approximate surface area is 115 Å². The van der Waals surface area contributed by atoms with E-state index in [2.05, 4.69) is 38.1 Å². The Morgan fingerprint density at radius 1 is 1.05 bits per heavy atom.